The van der Waals surface area contributed by atoms with E-state index in [9.17, 15) is 4.79 Å². The number of hydrogen-bond acceptors (Lipinski definition) is 2. The van der Waals surface area contributed by atoms with E-state index in [1.165, 1.54) is 0 Å². The summed E-state index contributed by atoms with van der Waals surface area (Å²) >= 11 is 0. The van der Waals surface area contributed by atoms with Crippen molar-refractivity contribution in [2.75, 3.05) is 0 Å². The van der Waals surface area contributed by atoms with Crippen molar-refractivity contribution >= 4 is 6.09 Å². The van der Waals surface area contributed by atoms with E-state index in [4.69, 9.17) is 4.74 Å². The molecule has 0 aliphatic heterocycles. The van der Waals surface area contributed by atoms with Gasteiger partial charge in [-0.05, 0) is 32.8 Å². The van der Waals surface area contributed by atoms with Crippen LogP contribution < -0.4 is 5.32 Å². The normalized spacial score (nSPS) is 12.6. The summed E-state index contributed by atoms with van der Waals surface area (Å²) in [5.74, 6) is 0. The first-order chi connectivity index (χ1) is 8.42. The average Bonchev–Trinajstić information content (AvgIpc) is 2.27. The quantitative estimate of drug-likeness (QED) is 0.821. The Labute approximate surface area is 109 Å². The Kier molecular flexibility index (Phi) is 4.95. The lowest BCUT2D eigenvalue weighted by Crippen LogP contribution is -2.34. The van der Waals surface area contributed by atoms with E-state index >= 15 is 0 Å². The lowest BCUT2D eigenvalue weighted by atomic mass is 10.0. The Bertz CT molecular complexity index is 393. The number of ether oxygens (including phenoxy) is 1. The Morgan fingerprint density at radius 3 is 2.50 bits per heavy atom. The lowest BCUT2D eigenvalue weighted by molar-refractivity contribution is 0.0504. The zero-order chi connectivity index (χ0) is 13.6. The van der Waals surface area contributed by atoms with Gasteiger partial charge in [0.05, 0.1) is 6.04 Å². The number of carbonyl (C=O) groups excluding carboxylic acids is 1. The number of hydrogen-bond donors (Lipinski definition) is 1. The van der Waals surface area contributed by atoms with Crippen LogP contribution in [-0.4, -0.2) is 11.7 Å². The number of rotatable bonds is 4. The van der Waals surface area contributed by atoms with E-state index in [1.807, 2.05) is 51.1 Å². The minimum Gasteiger partial charge on any atom is -0.444 e. The number of alkyl carbamates (subject to hydrolysis) is 1. The van der Waals surface area contributed by atoms with E-state index in [1.54, 1.807) is 6.08 Å². The molecule has 3 nitrogen and oxygen atoms in total. The summed E-state index contributed by atoms with van der Waals surface area (Å²) in [7, 11) is 0. The summed E-state index contributed by atoms with van der Waals surface area (Å²) in [5.41, 5.74) is 0.558. The van der Waals surface area contributed by atoms with Crippen LogP contribution >= 0.6 is 0 Å². The van der Waals surface area contributed by atoms with Gasteiger partial charge >= 0.3 is 6.09 Å². The van der Waals surface area contributed by atoms with Gasteiger partial charge in [-0.3, -0.25) is 0 Å². The molecule has 98 valence electrons. The summed E-state index contributed by atoms with van der Waals surface area (Å²) in [4.78, 5) is 11.7. The van der Waals surface area contributed by atoms with Gasteiger partial charge in [-0.15, -0.1) is 6.58 Å². The lowest BCUT2D eigenvalue weighted by Gasteiger charge is -2.23. The number of carbonyl (C=O) groups is 1. The molecule has 0 heterocycles. The Morgan fingerprint density at radius 2 is 2.00 bits per heavy atom. The van der Waals surface area contributed by atoms with Crippen molar-refractivity contribution < 1.29 is 9.53 Å². The van der Waals surface area contributed by atoms with Crippen LogP contribution in [0.2, 0.25) is 0 Å². The third-order valence-electron chi connectivity index (χ3n) is 2.30. The second-order valence-corrected chi connectivity index (χ2v) is 5.13. The molecule has 0 unspecified atom stereocenters. The monoisotopic (exact) mass is 247 g/mol. The molecule has 1 aromatic carbocycles. The summed E-state index contributed by atoms with van der Waals surface area (Å²) in [6, 6.07) is 9.70. The molecule has 0 bridgehead atoms. The maximum Gasteiger partial charge on any atom is 0.408 e. The van der Waals surface area contributed by atoms with Gasteiger partial charge in [-0.25, -0.2) is 4.79 Å². The van der Waals surface area contributed by atoms with Gasteiger partial charge in [-0.2, -0.15) is 0 Å². The van der Waals surface area contributed by atoms with Crippen LogP contribution in [0.25, 0.3) is 0 Å². The molecule has 0 fully saturated rings. The van der Waals surface area contributed by atoms with Gasteiger partial charge in [0.2, 0.25) is 0 Å². The second kappa shape index (κ2) is 6.24. The first-order valence-corrected chi connectivity index (χ1v) is 6.08. The van der Waals surface area contributed by atoms with Crippen molar-refractivity contribution in [3.05, 3.63) is 48.6 Å². The highest BCUT2D eigenvalue weighted by molar-refractivity contribution is 5.68. The standard InChI is InChI=1S/C15H21NO2/c1-5-9-13(12-10-7-6-8-11-12)16-14(17)18-15(2,3)4/h5-8,10-11,13H,1,9H2,2-4H3,(H,16,17)/t13-/m0/s1. The molecule has 0 aliphatic carbocycles. The second-order valence-electron chi connectivity index (χ2n) is 5.13. The molecule has 1 N–H and O–H groups in total. The first-order valence-electron chi connectivity index (χ1n) is 6.08. The largest absolute Gasteiger partial charge is 0.444 e. The Hall–Kier alpha value is -1.77. The van der Waals surface area contributed by atoms with Crippen LogP contribution in [0.15, 0.2) is 43.0 Å². The molecule has 0 saturated carbocycles. The van der Waals surface area contributed by atoms with Crippen LogP contribution in [0, 0.1) is 0 Å². The smallest absolute Gasteiger partial charge is 0.408 e. The molecule has 0 aromatic heterocycles. The highest BCUT2D eigenvalue weighted by Crippen LogP contribution is 2.17. The van der Waals surface area contributed by atoms with Crippen LogP contribution in [0.3, 0.4) is 0 Å². The van der Waals surface area contributed by atoms with Crippen molar-refractivity contribution in [2.24, 2.45) is 0 Å². The molecule has 0 radical (unpaired) electrons. The summed E-state index contributed by atoms with van der Waals surface area (Å²) in [6.07, 6.45) is 2.05. The van der Waals surface area contributed by atoms with Crippen molar-refractivity contribution in [3.8, 4) is 0 Å². The summed E-state index contributed by atoms with van der Waals surface area (Å²) in [5, 5.41) is 2.86. The van der Waals surface area contributed by atoms with E-state index in [-0.39, 0.29) is 6.04 Å². The molecule has 0 aliphatic rings. The van der Waals surface area contributed by atoms with Crippen molar-refractivity contribution in [2.45, 2.75) is 38.8 Å². The topological polar surface area (TPSA) is 38.3 Å². The molecular formula is C15H21NO2. The number of benzene rings is 1. The summed E-state index contributed by atoms with van der Waals surface area (Å²) in [6.45, 7) is 9.25. The van der Waals surface area contributed by atoms with Gasteiger partial charge in [0.25, 0.3) is 0 Å². The fourth-order valence-electron chi connectivity index (χ4n) is 1.58. The molecule has 1 amide bonds. The maximum atomic E-state index is 11.7. The zero-order valence-corrected chi connectivity index (χ0v) is 11.3. The third kappa shape index (κ3) is 5.04. The van der Waals surface area contributed by atoms with Gasteiger partial charge in [0, 0.05) is 0 Å². The van der Waals surface area contributed by atoms with Crippen LogP contribution in [0.1, 0.15) is 38.8 Å². The maximum absolute atomic E-state index is 11.7. The van der Waals surface area contributed by atoms with Crippen molar-refractivity contribution in [1.82, 2.24) is 5.32 Å². The van der Waals surface area contributed by atoms with Gasteiger partial charge < -0.3 is 10.1 Å². The molecule has 1 aromatic rings. The number of amides is 1. The predicted molar refractivity (Wildman–Crippen MR) is 73.4 cm³/mol. The van der Waals surface area contributed by atoms with E-state index in [0.717, 1.165) is 5.56 Å². The van der Waals surface area contributed by atoms with Crippen LogP contribution in [0.4, 0.5) is 4.79 Å². The molecule has 3 heteroatoms. The Balaban J connectivity index is 2.70. The highest BCUT2D eigenvalue weighted by atomic mass is 16.6. The van der Waals surface area contributed by atoms with Crippen molar-refractivity contribution in [3.63, 3.8) is 0 Å². The van der Waals surface area contributed by atoms with Crippen LogP contribution in [-0.2, 0) is 4.74 Å². The van der Waals surface area contributed by atoms with Gasteiger partial charge in [0.15, 0.2) is 0 Å². The van der Waals surface area contributed by atoms with Crippen molar-refractivity contribution in [1.29, 1.82) is 0 Å². The minimum absolute atomic E-state index is 0.0986. The molecule has 1 atom stereocenters. The van der Waals surface area contributed by atoms with Gasteiger partial charge in [-0.1, -0.05) is 36.4 Å². The van der Waals surface area contributed by atoms with E-state index in [0.29, 0.717) is 6.42 Å². The highest BCUT2D eigenvalue weighted by Gasteiger charge is 2.19. The zero-order valence-electron chi connectivity index (χ0n) is 11.3. The predicted octanol–water partition coefficient (Wildman–Crippen LogP) is 3.83. The van der Waals surface area contributed by atoms with Gasteiger partial charge in [0.1, 0.15) is 5.60 Å². The molecule has 18 heavy (non-hydrogen) atoms. The first kappa shape index (κ1) is 14.3. The molecule has 1 rings (SSSR count). The minimum atomic E-state index is -0.487. The molecule has 0 spiro atoms. The fourth-order valence-corrected chi connectivity index (χ4v) is 1.58. The SMILES string of the molecule is C=CC[C@H](NC(=O)OC(C)(C)C)c1ccccc1. The molecular weight excluding hydrogens is 226 g/mol. The summed E-state index contributed by atoms with van der Waals surface area (Å²) < 4.78 is 5.25. The number of nitrogens with one attached hydrogen (secondary N) is 1. The van der Waals surface area contributed by atoms with Crippen LogP contribution in [0.5, 0.6) is 0 Å². The average molecular weight is 247 g/mol. The Morgan fingerprint density at radius 1 is 1.39 bits per heavy atom. The van der Waals surface area contributed by atoms with E-state index in [2.05, 4.69) is 11.9 Å². The third-order valence-corrected chi connectivity index (χ3v) is 2.30. The fraction of sp³-hybridized carbons (Fsp3) is 0.400. The molecule has 0 saturated heterocycles. The van der Waals surface area contributed by atoms with E-state index < -0.39 is 11.7 Å².